The van der Waals surface area contributed by atoms with Gasteiger partial charge in [0, 0.05) is 30.4 Å². The molecule has 32 heavy (non-hydrogen) atoms. The zero-order chi connectivity index (χ0) is 22.1. The molecule has 1 amide bonds. The van der Waals surface area contributed by atoms with Gasteiger partial charge in [-0.15, -0.1) is 11.8 Å². The van der Waals surface area contributed by atoms with Gasteiger partial charge >= 0.3 is 0 Å². The number of anilines is 1. The van der Waals surface area contributed by atoms with Gasteiger partial charge < -0.3 is 14.3 Å². The maximum Gasteiger partial charge on any atom is 0.260 e. The Bertz CT molecular complexity index is 1260. The van der Waals surface area contributed by atoms with Gasteiger partial charge in [-0.25, -0.2) is 15.0 Å². The highest BCUT2D eigenvalue weighted by molar-refractivity contribution is 7.98. The molecule has 162 valence electrons. The summed E-state index contributed by atoms with van der Waals surface area (Å²) in [7, 11) is 0. The summed E-state index contributed by atoms with van der Waals surface area (Å²) in [4.78, 5) is 27.0. The van der Waals surface area contributed by atoms with Gasteiger partial charge in [-0.1, -0.05) is 12.1 Å². The molecule has 1 aromatic carbocycles. The van der Waals surface area contributed by atoms with Crippen molar-refractivity contribution in [2.75, 3.05) is 11.6 Å². The largest absolute Gasteiger partial charge is 0.461 e. The van der Waals surface area contributed by atoms with Crippen molar-refractivity contribution in [3.05, 3.63) is 65.9 Å². The maximum atomic E-state index is 13.2. The smallest absolute Gasteiger partial charge is 0.260 e. The van der Waals surface area contributed by atoms with Crippen molar-refractivity contribution < 1.29 is 9.21 Å². The average molecular weight is 446 g/mol. The molecule has 1 N–H and O–H groups in total. The zero-order valence-electron chi connectivity index (χ0n) is 18.0. The van der Waals surface area contributed by atoms with Crippen LogP contribution in [0.5, 0.6) is 0 Å². The predicted molar refractivity (Wildman–Crippen MR) is 125 cm³/mol. The average Bonchev–Trinajstić information content (AvgIpc) is 3.48. The first-order valence-corrected chi connectivity index (χ1v) is 11.8. The third kappa shape index (κ3) is 3.93. The van der Waals surface area contributed by atoms with E-state index in [2.05, 4.69) is 26.0 Å². The van der Waals surface area contributed by atoms with Gasteiger partial charge in [-0.05, 0) is 50.3 Å². The van der Waals surface area contributed by atoms with Crippen molar-refractivity contribution >= 4 is 23.4 Å². The monoisotopic (exact) mass is 445 g/mol. The van der Waals surface area contributed by atoms with Crippen LogP contribution in [0.2, 0.25) is 0 Å². The number of fused-ring (bicyclic) bond motifs is 1. The maximum absolute atomic E-state index is 13.2. The molecular weight excluding hydrogens is 422 g/mol. The standard InChI is InChI=1S/C24H23N5O2S/c1-15-21(24(32-2)28-22(25-15)19-9-6-12-31-19)23(30)26-17-8-5-7-16(13-17)18-14-29-11-4-3-10-20(29)27-18/h5-9,12-14H,3-4,10-11H2,1-2H3,(H,26,30). The molecule has 0 saturated heterocycles. The Hall–Kier alpha value is -3.39. The summed E-state index contributed by atoms with van der Waals surface area (Å²) >= 11 is 1.41. The van der Waals surface area contributed by atoms with Crippen LogP contribution >= 0.6 is 11.8 Å². The van der Waals surface area contributed by atoms with E-state index in [1.165, 1.54) is 24.6 Å². The first kappa shape index (κ1) is 20.5. The molecule has 0 unspecified atom stereocenters. The minimum atomic E-state index is -0.237. The number of hydrogen-bond donors (Lipinski definition) is 1. The van der Waals surface area contributed by atoms with E-state index in [1.807, 2.05) is 37.4 Å². The number of furan rings is 1. The summed E-state index contributed by atoms with van der Waals surface area (Å²) in [6.45, 7) is 2.83. The summed E-state index contributed by atoms with van der Waals surface area (Å²) in [5, 5.41) is 3.62. The Balaban J connectivity index is 1.42. The van der Waals surface area contributed by atoms with Gasteiger partial charge in [0.25, 0.3) is 5.91 Å². The number of thioether (sulfide) groups is 1. The van der Waals surface area contributed by atoms with Gasteiger partial charge in [0.1, 0.15) is 10.9 Å². The van der Waals surface area contributed by atoms with E-state index in [0.29, 0.717) is 33.6 Å². The van der Waals surface area contributed by atoms with E-state index in [4.69, 9.17) is 9.40 Å². The lowest BCUT2D eigenvalue weighted by Gasteiger charge is -2.12. The van der Waals surface area contributed by atoms with Crippen LogP contribution in [-0.2, 0) is 13.0 Å². The summed E-state index contributed by atoms with van der Waals surface area (Å²) in [6, 6.07) is 11.4. The Kier molecular flexibility index (Phi) is 5.53. The normalized spacial score (nSPS) is 13.1. The molecule has 1 aliphatic heterocycles. The van der Waals surface area contributed by atoms with Crippen molar-refractivity contribution in [1.29, 1.82) is 0 Å². The lowest BCUT2D eigenvalue weighted by molar-refractivity contribution is 0.102. The van der Waals surface area contributed by atoms with Crippen molar-refractivity contribution in [3.63, 3.8) is 0 Å². The minimum Gasteiger partial charge on any atom is -0.461 e. The second kappa shape index (κ2) is 8.63. The molecule has 5 rings (SSSR count). The van der Waals surface area contributed by atoms with Crippen molar-refractivity contribution in [1.82, 2.24) is 19.5 Å². The first-order chi connectivity index (χ1) is 15.6. The van der Waals surface area contributed by atoms with E-state index in [1.54, 1.807) is 18.4 Å². The molecule has 3 aromatic heterocycles. The molecule has 0 fully saturated rings. The molecule has 0 aliphatic carbocycles. The predicted octanol–water partition coefficient (Wildman–Crippen LogP) is 5.22. The number of aryl methyl sites for hydroxylation is 3. The van der Waals surface area contributed by atoms with Crippen LogP contribution in [0.4, 0.5) is 5.69 Å². The highest BCUT2D eigenvalue weighted by Gasteiger charge is 2.20. The summed E-state index contributed by atoms with van der Waals surface area (Å²) in [6.07, 6.45) is 8.97. The van der Waals surface area contributed by atoms with Gasteiger partial charge in [0.15, 0.2) is 11.6 Å². The number of nitrogens with one attached hydrogen (secondary N) is 1. The Morgan fingerprint density at radius 3 is 2.84 bits per heavy atom. The van der Waals surface area contributed by atoms with Crippen LogP contribution in [0.1, 0.15) is 34.7 Å². The topological polar surface area (TPSA) is 85.8 Å². The molecule has 0 atom stereocenters. The number of carbonyl (C=O) groups is 1. The number of carbonyl (C=O) groups excluding carboxylic acids is 1. The molecule has 0 bridgehead atoms. The van der Waals surface area contributed by atoms with Crippen LogP contribution in [-0.4, -0.2) is 31.7 Å². The van der Waals surface area contributed by atoms with Crippen LogP contribution in [0.15, 0.2) is 58.3 Å². The van der Waals surface area contributed by atoms with E-state index >= 15 is 0 Å². The number of amides is 1. The van der Waals surface area contributed by atoms with Gasteiger partial charge in [0.2, 0.25) is 0 Å². The van der Waals surface area contributed by atoms with Gasteiger partial charge in [0.05, 0.1) is 23.2 Å². The third-order valence-corrected chi connectivity index (χ3v) is 6.23. The van der Waals surface area contributed by atoms with Crippen LogP contribution in [0, 0.1) is 6.92 Å². The summed E-state index contributed by atoms with van der Waals surface area (Å²) in [5.74, 6) is 1.94. The first-order valence-electron chi connectivity index (χ1n) is 10.6. The molecular formula is C24H23N5O2S. The summed E-state index contributed by atoms with van der Waals surface area (Å²) < 4.78 is 7.65. The lowest BCUT2D eigenvalue weighted by Crippen LogP contribution is -2.17. The molecule has 0 saturated carbocycles. The minimum absolute atomic E-state index is 0.237. The van der Waals surface area contributed by atoms with E-state index in [9.17, 15) is 4.79 Å². The van der Waals surface area contributed by atoms with Crippen molar-refractivity contribution in [3.8, 4) is 22.8 Å². The van der Waals surface area contributed by atoms with E-state index in [-0.39, 0.29) is 5.91 Å². The number of benzene rings is 1. The van der Waals surface area contributed by atoms with E-state index < -0.39 is 0 Å². The number of imidazole rings is 1. The second-order valence-electron chi connectivity index (χ2n) is 7.72. The van der Waals surface area contributed by atoms with Crippen LogP contribution in [0.25, 0.3) is 22.8 Å². The SMILES string of the molecule is CSc1nc(-c2ccco2)nc(C)c1C(=O)Nc1cccc(-c2cn3c(n2)CCCC3)c1. The summed E-state index contributed by atoms with van der Waals surface area (Å²) in [5.41, 5.74) is 3.70. The Morgan fingerprint density at radius 2 is 2.06 bits per heavy atom. The molecule has 7 nitrogen and oxygen atoms in total. The lowest BCUT2D eigenvalue weighted by atomic mass is 10.1. The fourth-order valence-corrected chi connectivity index (χ4v) is 4.60. The highest BCUT2D eigenvalue weighted by Crippen LogP contribution is 2.28. The number of hydrogen-bond acceptors (Lipinski definition) is 6. The Morgan fingerprint density at radius 1 is 1.16 bits per heavy atom. The van der Waals surface area contributed by atoms with E-state index in [0.717, 1.165) is 30.0 Å². The zero-order valence-corrected chi connectivity index (χ0v) is 18.8. The number of aromatic nitrogens is 4. The fraction of sp³-hybridized carbons (Fsp3) is 0.250. The number of rotatable bonds is 5. The highest BCUT2D eigenvalue weighted by atomic mass is 32.2. The molecule has 0 spiro atoms. The second-order valence-corrected chi connectivity index (χ2v) is 8.52. The Labute approximate surface area is 190 Å². The molecule has 4 heterocycles. The third-order valence-electron chi connectivity index (χ3n) is 5.54. The molecule has 0 radical (unpaired) electrons. The van der Waals surface area contributed by atoms with Crippen LogP contribution in [0.3, 0.4) is 0 Å². The van der Waals surface area contributed by atoms with Crippen LogP contribution < -0.4 is 5.32 Å². The molecule has 4 aromatic rings. The fourth-order valence-electron chi connectivity index (χ4n) is 3.97. The van der Waals surface area contributed by atoms with Gasteiger partial charge in [-0.3, -0.25) is 4.79 Å². The quantitative estimate of drug-likeness (QED) is 0.335. The molecule has 8 heteroatoms. The number of nitrogens with zero attached hydrogens (tertiary/aromatic N) is 4. The van der Waals surface area contributed by atoms with Gasteiger partial charge in [-0.2, -0.15) is 0 Å². The van der Waals surface area contributed by atoms with Crippen molar-refractivity contribution in [2.24, 2.45) is 0 Å². The molecule has 1 aliphatic rings. The van der Waals surface area contributed by atoms with Crippen molar-refractivity contribution in [2.45, 2.75) is 37.8 Å².